The van der Waals surface area contributed by atoms with E-state index >= 15 is 0 Å². The van der Waals surface area contributed by atoms with Crippen molar-refractivity contribution in [1.82, 2.24) is 20.8 Å². The summed E-state index contributed by atoms with van der Waals surface area (Å²) >= 11 is 0. The topological polar surface area (TPSA) is 97.1 Å². The number of hydrogen-bond acceptors (Lipinski definition) is 5. The van der Waals surface area contributed by atoms with Crippen molar-refractivity contribution >= 4 is 11.8 Å². The van der Waals surface area contributed by atoms with Crippen LogP contribution < -0.4 is 10.6 Å². The van der Waals surface area contributed by atoms with Crippen molar-refractivity contribution in [1.29, 1.82) is 0 Å². The third kappa shape index (κ3) is 4.87. The van der Waals surface area contributed by atoms with Gasteiger partial charge in [-0.25, -0.2) is 8.78 Å². The number of nitrogens with one attached hydrogen (secondary N) is 2. The van der Waals surface area contributed by atoms with Crippen molar-refractivity contribution in [2.75, 3.05) is 6.54 Å². The second kappa shape index (κ2) is 7.81. The molecule has 2 N–H and O–H groups in total. The Labute approximate surface area is 154 Å². The molecule has 1 fully saturated rings. The molecule has 0 bridgehead atoms. The summed E-state index contributed by atoms with van der Waals surface area (Å²) in [4.78, 5) is 28.5. The number of carbonyl (C=O) groups excluding carboxylic acids is 2. The van der Waals surface area contributed by atoms with E-state index in [2.05, 4.69) is 20.8 Å². The quantitative estimate of drug-likeness (QED) is 0.771. The molecule has 0 saturated heterocycles. The lowest BCUT2D eigenvalue weighted by atomic mass is 10.0. The van der Waals surface area contributed by atoms with Crippen LogP contribution in [0, 0.1) is 17.6 Å². The molecule has 1 aliphatic rings. The number of nitrogens with zero attached hydrogens (tertiary/aromatic N) is 2. The Hall–Kier alpha value is -2.84. The zero-order valence-electron chi connectivity index (χ0n) is 15.0. The average Bonchev–Trinajstić information content (AvgIpc) is 3.34. The van der Waals surface area contributed by atoms with Crippen molar-refractivity contribution < 1.29 is 22.9 Å². The van der Waals surface area contributed by atoms with Crippen LogP contribution in [0.3, 0.4) is 0 Å². The molecule has 2 aromatic rings. The second-order valence-corrected chi connectivity index (χ2v) is 6.90. The summed E-state index contributed by atoms with van der Waals surface area (Å²) in [5.74, 6) is -1.69. The van der Waals surface area contributed by atoms with E-state index in [4.69, 9.17) is 4.52 Å². The van der Waals surface area contributed by atoms with Crippen LogP contribution in [0.4, 0.5) is 8.78 Å². The van der Waals surface area contributed by atoms with Crippen molar-refractivity contribution in [3.8, 4) is 0 Å². The maximum Gasteiger partial charge on any atom is 0.251 e. The van der Waals surface area contributed by atoms with E-state index in [9.17, 15) is 18.4 Å². The molecule has 0 radical (unpaired) electrons. The fourth-order valence-electron chi connectivity index (χ4n) is 2.57. The maximum absolute atomic E-state index is 13.2. The van der Waals surface area contributed by atoms with Gasteiger partial charge in [-0.15, -0.1) is 0 Å². The molecule has 1 aliphatic carbocycles. The van der Waals surface area contributed by atoms with E-state index in [-0.39, 0.29) is 18.0 Å². The zero-order valence-corrected chi connectivity index (χ0v) is 15.0. The minimum absolute atomic E-state index is 0.0190. The fraction of sp³-hybridized carbons (Fsp3) is 0.444. The van der Waals surface area contributed by atoms with Crippen LogP contribution in [-0.4, -0.2) is 28.5 Å². The van der Waals surface area contributed by atoms with Crippen LogP contribution in [0.25, 0.3) is 0 Å². The zero-order chi connectivity index (χ0) is 19.6. The summed E-state index contributed by atoms with van der Waals surface area (Å²) in [5.41, 5.74) is -0.202. The van der Waals surface area contributed by atoms with E-state index < -0.39 is 29.5 Å². The Kier molecular flexibility index (Phi) is 5.48. The van der Waals surface area contributed by atoms with Gasteiger partial charge in [0.05, 0.1) is 6.54 Å². The lowest BCUT2D eigenvalue weighted by molar-refractivity contribution is -0.121. The number of halogens is 2. The molecule has 27 heavy (non-hydrogen) atoms. The minimum atomic E-state index is -0.868. The average molecular weight is 378 g/mol. The number of rotatable bonds is 7. The van der Waals surface area contributed by atoms with Gasteiger partial charge >= 0.3 is 0 Å². The highest BCUT2D eigenvalue weighted by Crippen LogP contribution is 2.38. The van der Waals surface area contributed by atoms with Crippen LogP contribution in [0.1, 0.15) is 60.7 Å². The molecule has 0 spiro atoms. The highest BCUT2D eigenvalue weighted by Gasteiger charge is 2.31. The molecule has 3 rings (SSSR count). The Morgan fingerprint density at radius 2 is 1.89 bits per heavy atom. The predicted octanol–water partition coefficient (Wildman–Crippen LogP) is 2.47. The highest BCUT2D eigenvalue weighted by atomic mass is 19.1. The molecule has 1 atom stereocenters. The molecule has 9 heteroatoms. The van der Waals surface area contributed by atoms with Gasteiger partial charge < -0.3 is 15.2 Å². The predicted molar refractivity (Wildman–Crippen MR) is 90.7 cm³/mol. The number of benzene rings is 1. The van der Waals surface area contributed by atoms with E-state index in [1.807, 2.05) is 13.8 Å². The summed E-state index contributed by atoms with van der Waals surface area (Å²) in [6.45, 7) is 3.42. The van der Waals surface area contributed by atoms with E-state index in [0.717, 1.165) is 25.0 Å². The van der Waals surface area contributed by atoms with Gasteiger partial charge in [0.25, 0.3) is 5.91 Å². The minimum Gasteiger partial charge on any atom is -0.343 e. The first-order chi connectivity index (χ1) is 12.8. The van der Waals surface area contributed by atoms with Gasteiger partial charge in [-0.05, 0) is 30.9 Å². The third-order valence-corrected chi connectivity index (χ3v) is 4.18. The Bertz CT molecular complexity index is 829. The summed E-state index contributed by atoms with van der Waals surface area (Å²) in [6, 6.07) is 1.95. The largest absolute Gasteiger partial charge is 0.343 e. The number of aromatic nitrogens is 2. The number of hydrogen-bond donors (Lipinski definition) is 2. The SMILES string of the molecule is CC(C)C(NC(=O)CNC(=O)c1cc(F)cc(F)c1)c1nc(C2CC2)no1. The molecular formula is C18H20F2N4O3. The fourth-order valence-corrected chi connectivity index (χ4v) is 2.57. The monoisotopic (exact) mass is 378 g/mol. The summed E-state index contributed by atoms with van der Waals surface area (Å²) < 4.78 is 31.6. The van der Waals surface area contributed by atoms with Crippen LogP contribution in [0.15, 0.2) is 22.7 Å². The third-order valence-electron chi connectivity index (χ3n) is 4.18. The lowest BCUT2D eigenvalue weighted by Gasteiger charge is -2.18. The molecule has 1 heterocycles. The molecule has 7 nitrogen and oxygen atoms in total. The summed E-state index contributed by atoms with van der Waals surface area (Å²) in [6.07, 6.45) is 2.06. The van der Waals surface area contributed by atoms with Gasteiger partial charge in [0.15, 0.2) is 5.82 Å². The normalized spacial score (nSPS) is 14.9. The molecule has 1 saturated carbocycles. The van der Waals surface area contributed by atoms with Gasteiger partial charge in [0.1, 0.15) is 17.7 Å². The van der Waals surface area contributed by atoms with Crippen molar-refractivity contribution in [2.45, 2.75) is 38.6 Å². The van der Waals surface area contributed by atoms with E-state index in [1.165, 1.54) is 0 Å². The molecule has 1 unspecified atom stereocenters. The number of amides is 2. The van der Waals surface area contributed by atoms with Crippen molar-refractivity contribution in [3.05, 3.63) is 47.1 Å². The first-order valence-corrected chi connectivity index (χ1v) is 8.70. The number of carbonyl (C=O) groups is 2. The van der Waals surface area contributed by atoms with Gasteiger partial charge in [-0.3, -0.25) is 9.59 Å². The first kappa shape index (κ1) is 18.9. The van der Waals surface area contributed by atoms with Crippen LogP contribution >= 0.6 is 0 Å². The Morgan fingerprint density at radius 1 is 1.22 bits per heavy atom. The van der Waals surface area contributed by atoms with Crippen LogP contribution in [-0.2, 0) is 4.79 Å². The maximum atomic E-state index is 13.2. The van der Waals surface area contributed by atoms with Gasteiger partial charge in [-0.2, -0.15) is 4.98 Å². The molecule has 2 amide bonds. The summed E-state index contributed by atoms with van der Waals surface area (Å²) in [5, 5.41) is 9.01. The lowest BCUT2D eigenvalue weighted by Crippen LogP contribution is -2.40. The molecule has 1 aromatic carbocycles. The van der Waals surface area contributed by atoms with Crippen molar-refractivity contribution in [2.24, 2.45) is 5.92 Å². The van der Waals surface area contributed by atoms with Gasteiger partial charge in [0, 0.05) is 17.5 Å². The van der Waals surface area contributed by atoms with E-state index in [0.29, 0.717) is 23.7 Å². The van der Waals surface area contributed by atoms with Gasteiger partial charge in [-0.1, -0.05) is 19.0 Å². The second-order valence-electron chi connectivity index (χ2n) is 6.90. The standard InChI is InChI=1S/C18H20F2N4O3/c1-9(2)15(18-23-16(24-27-18)10-3-4-10)22-14(25)8-21-17(26)11-5-12(19)7-13(20)6-11/h5-7,9-10,15H,3-4,8H2,1-2H3,(H,21,26)(H,22,25). The first-order valence-electron chi connectivity index (χ1n) is 8.70. The summed E-state index contributed by atoms with van der Waals surface area (Å²) in [7, 11) is 0. The molecule has 0 aliphatic heterocycles. The van der Waals surface area contributed by atoms with Crippen molar-refractivity contribution in [3.63, 3.8) is 0 Å². The van der Waals surface area contributed by atoms with Crippen LogP contribution in [0.2, 0.25) is 0 Å². The molecule has 144 valence electrons. The molecule has 1 aromatic heterocycles. The smallest absolute Gasteiger partial charge is 0.251 e. The van der Waals surface area contributed by atoms with Gasteiger partial charge in [0.2, 0.25) is 11.8 Å². The molecular weight excluding hydrogens is 358 g/mol. The van der Waals surface area contributed by atoms with Crippen LogP contribution in [0.5, 0.6) is 0 Å². The highest BCUT2D eigenvalue weighted by molar-refractivity contribution is 5.96. The Morgan fingerprint density at radius 3 is 2.48 bits per heavy atom. The van der Waals surface area contributed by atoms with E-state index in [1.54, 1.807) is 0 Å². The Balaban J connectivity index is 1.58.